The van der Waals surface area contributed by atoms with Gasteiger partial charge in [-0.05, 0) is 41.5 Å². The summed E-state index contributed by atoms with van der Waals surface area (Å²) in [6.45, 7) is 0. The van der Waals surface area contributed by atoms with E-state index in [2.05, 4.69) is 12.1 Å². The Morgan fingerprint density at radius 1 is 1.05 bits per heavy atom. The average molecular weight is 265 g/mol. The van der Waals surface area contributed by atoms with E-state index in [1.165, 1.54) is 0 Å². The lowest BCUT2D eigenvalue weighted by molar-refractivity contribution is 1.47. The van der Waals surface area contributed by atoms with Crippen LogP contribution in [0.1, 0.15) is 16.7 Å². The van der Waals surface area contributed by atoms with Gasteiger partial charge in [0.1, 0.15) is 0 Å². The molecule has 2 aromatic carbocycles. The van der Waals surface area contributed by atoms with Crippen molar-refractivity contribution in [2.45, 2.75) is 0 Å². The topological polar surface area (TPSA) is 47.6 Å². The van der Waals surface area contributed by atoms with E-state index in [0.717, 1.165) is 11.1 Å². The van der Waals surface area contributed by atoms with Crippen LogP contribution in [0.5, 0.6) is 0 Å². The normalized spacial score (nSPS) is 10.6. The van der Waals surface area contributed by atoms with Gasteiger partial charge in [0.15, 0.2) is 0 Å². The smallest absolute Gasteiger partial charge is 0.0998 e. The summed E-state index contributed by atoms with van der Waals surface area (Å²) in [6.07, 6.45) is 1.75. The Labute approximate surface area is 116 Å². The van der Waals surface area contributed by atoms with Crippen molar-refractivity contribution in [3.63, 3.8) is 0 Å². The van der Waals surface area contributed by atoms with Gasteiger partial charge in [-0.1, -0.05) is 35.9 Å². The number of hydrogen-bond donors (Lipinski definition) is 0. The molecule has 0 radical (unpaired) electrons. The molecule has 0 aromatic heterocycles. The molecule has 0 atom stereocenters. The van der Waals surface area contributed by atoms with E-state index >= 15 is 0 Å². The maximum absolute atomic E-state index is 9.24. The highest BCUT2D eigenvalue weighted by Crippen LogP contribution is 2.20. The maximum atomic E-state index is 9.24. The lowest BCUT2D eigenvalue weighted by Crippen LogP contribution is -1.84. The van der Waals surface area contributed by atoms with E-state index in [4.69, 9.17) is 16.9 Å². The summed E-state index contributed by atoms with van der Waals surface area (Å²) in [7, 11) is 0. The summed E-state index contributed by atoms with van der Waals surface area (Å²) in [5.74, 6) is 0. The molecule has 2 rings (SSSR count). The first-order valence-electron chi connectivity index (χ1n) is 5.61. The van der Waals surface area contributed by atoms with Gasteiger partial charge in [-0.25, -0.2) is 0 Å². The molecule has 0 saturated carbocycles. The molecule has 0 N–H and O–H groups in total. The van der Waals surface area contributed by atoms with Crippen molar-refractivity contribution in [3.8, 4) is 12.1 Å². The largest absolute Gasteiger partial charge is 0.192 e. The summed E-state index contributed by atoms with van der Waals surface area (Å²) in [6, 6.07) is 18.4. The molecule has 0 aliphatic heterocycles. The fourth-order valence-electron chi connectivity index (χ4n) is 1.70. The minimum absolute atomic E-state index is 0.499. The highest BCUT2D eigenvalue weighted by atomic mass is 35.5. The molecule has 0 spiro atoms. The number of allylic oxidation sites excluding steroid dienone is 1. The van der Waals surface area contributed by atoms with Crippen LogP contribution < -0.4 is 0 Å². The number of hydrogen-bond acceptors (Lipinski definition) is 2. The number of halogens is 1. The van der Waals surface area contributed by atoms with Gasteiger partial charge < -0.3 is 0 Å². The maximum Gasteiger partial charge on any atom is 0.0998 e. The Kier molecular flexibility index (Phi) is 3.98. The van der Waals surface area contributed by atoms with Gasteiger partial charge in [-0.15, -0.1) is 0 Å². The molecule has 0 amide bonds. The van der Waals surface area contributed by atoms with E-state index in [1.54, 1.807) is 42.5 Å². The average Bonchev–Trinajstić information content (AvgIpc) is 2.45. The van der Waals surface area contributed by atoms with Crippen LogP contribution >= 0.6 is 11.6 Å². The molecular formula is C16H9ClN2. The Bertz CT molecular complexity index is 718. The number of nitrogens with zero attached hydrogens (tertiary/aromatic N) is 2. The van der Waals surface area contributed by atoms with Crippen LogP contribution in [0.4, 0.5) is 0 Å². The van der Waals surface area contributed by atoms with Gasteiger partial charge in [0, 0.05) is 5.02 Å². The van der Waals surface area contributed by atoms with Crippen LogP contribution in [0.2, 0.25) is 5.02 Å². The number of nitriles is 2. The highest BCUT2D eigenvalue weighted by molar-refractivity contribution is 6.30. The quantitative estimate of drug-likeness (QED) is 0.600. The lowest BCUT2D eigenvalue weighted by atomic mass is 10.0. The summed E-state index contributed by atoms with van der Waals surface area (Å²) >= 11 is 5.91. The molecule has 90 valence electrons. The van der Waals surface area contributed by atoms with E-state index in [-0.39, 0.29) is 0 Å². The van der Waals surface area contributed by atoms with Crippen LogP contribution in [0.3, 0.4) is 0 Å². The van der Waals surface area contributed by atoms with Gasteiger partial charge in [-0.2, -0.15) is 10.5 Å². The van der Waals surface area contributed by atoms with Gasteiger partial charge >= 0.3 is 0 Å². The van der Waals surface area contributed by atoms with Gasteiger partial charge in [0.25, 0.3) is 0 Å². The van der Waals surface area contributed by atoms with E-state index in [0.29, 0.717) is 16.2 Å². The van der Waals surface area contributed by atoms with Crippen molar-refractivity contribution in [2.24, 2.45) is 0 Å². The highest BCUT2D eigenvalue weighted by Gasteiger charge is 2.02. The third-order valence-electron chi connectivity index (χ3n) is 2.58. The molecule has 0 bridgehead atoms. The van der Waals surface area contributed by atoms with Crippen LogP contribution in [0.15, 0.2) is 48.5 Å². The standard InChI is InChI=1S/C16H9ClN2/c17-16-6-2-3-12(9-16)7-15(11-19)14-5-1-4-13(8-14)10-18/h1-9H. The Hall–Kier alpha value is -2.55. The predicted octanol–water partition coefficient (Wildman–Crippen LogP) is 4.28. The Morgan fingerprint density at radius 2 is 1.84 bits per heavy atom. The molecule has 0 aliphatic rings. The van der Waals surface area contributed by atoms with Crippen molar-refractivity contribution in [1.82, 2.24) is 0 Å². The molecule has 0 unspecified atom stereocenters. The second-order valence-corrected chi connectivity index (χ2v) is 4.35. The summed E-state index contributed by atoms with van der Waals surface area (Å²) in [5.41, 5.74) is 2.61. The van der Waals surface area contributed by atoms with Gasteiger partial charge in [0.2, 0.25) is 0 Å². The van der Waals surface area contributed by atoms with Crippen LogP contribution in [-0.4, -0.2) is 0 Å². The minimum Gasteiger partial charge on any atom is -0.192 e. The van der Waals surface area contributed by atoms with Crippen molar-refractivity contribution < 1.29 is 0 Å². The second-order valence-electron chi connectivity index (χ2n) is 3.92. The zero-order valence-electron chi connectivity index (χ0n) is 9.97. The Balaban J connectivity index is 2.46. The zero-order chi connectivity index (χ0) is 13.7. The van der Waals surface area contributed by atoms with Crippen LogP contribution in [0, 0.1) is 22.7 Å². The molecule has 0 fully saturated rings. The Morgan fingerprint density at radius 3 is 2.53 bits per heavy atom. The van der Waals surface area contributed by atoms with E-state index < -0.39 is 0 Å². The van der Waals surface area contributed by atoms with Crippen LogP contribution in [0.25, 0.3) is 11.6 Å². The molecule has 0 saturated heterocycles. The lowest BCUT2D eigenvalue weighted by Gasteiger charge is -2.01. The summed E-state index contributed by atoms with van der Waals surface area (Å²) in [4.78, 5) is 0. The second kappa shape index (κ2) is 5.87. The van der Waals surface area contributed by atoms with Crippen LogP contribution in [-0.2, 0) is 0 Å². The fourth-order valence-corrected chi connectivity index (χ4v) is 1.90. The molecule has 3 heteroatoms. The number of benzene rings is 2. The molecule has 0 heterocycles. The van der Waals surface area contributed by atoms with E-state index in [1.807, 2.05) is 12.1 Å². The van der Waals surface area contributed by atoms with Crippen molar-refractivity contribution >= 4 is 23.3 Å². The molecule has 19 heavy (non-hydrogen) atoms. The first-order chi connectivity index (χ1) is 9.22. The van der Waals surface area contributed by atoms with Crippen molar-refractivity contribution in [3.05, 3.63) is 70.2 Å². The summed E-state index contributed by atoms with van der Waals surface area (Å²) in [5, 5.41) is 18.7. The SMILES string of the molecule is N#CC(=Cc1cccc(Cl)c1)c1cccc(C#N)c1. The monoisotopic (exact) mass is 264 g/mol. The summed E-state index contributed by atoms with van der Waals surface area (Å²) < 4.78 is 0. The predicted molar refractivity (Wildman–Crippen MR) is 76.1 cm³/mol. The number of rotatable bonds is 2. The first-order valence-corrected chi connectivity index (χ1v) is 5.98. The molecule has 2 aromatic rings. The van der Waals surface area contributed by atoms with E-state index in [9.17, 15) is 5.26 Å². The molecular weight excluding hydrogens is 256 g/mol. The third-order valence-corrected chi connectivity index (χ3v) is 2.82. The third kappa shape index (κ3) is 3.22. The van der Waals surface area contributed by atoms with Gasteiger partial charge in [0.05, 0.1) is 23.3 Å². The van der Waals surface area contributed by atoms with Crippen molar-refractivity contribution in [2.75, 3.05) is 0 Å². The van der Waals surface area contributed by atoms with Crippen molar-refractivity contribution in [1.29, 1.82) is 10.5 Å². The molecule has 2 nitrogen and oxygen atoms in total. The zero-order valence-corrected chi connectivity index (χ0v) is 10.7. The van der Waals surface area contributed by atoms with Gasteiger partial charge in [-0.3, -0.25) is 0 Å². The minimum atomic E-state index is 0.499. The first kappa shape index (κ1) is 12.9. The molecule has 0 aliphatic carbocycles. The fraction of sp³-hybridized carbons (Fsp3) is 0.